The maximum atomic E-state index is 11.5. The van der Waals surface area contributed by atoms with Crippen molar-refractivity contribution < 1.29 is 9.59 Å². The molecule has 0 saturated carbocycles. The van der Waals surface area contributed by atoms with Crippen molar-refractivity contribution >= 4 is 40.0 Å². The molecular weight excluding hydrogens is 284 g/mol. The second-order valence-corrected chi connectivity index (χ2v) is 6.96. The third kappa shape index (κ3) is 5.56. The van der Waals surface area contributed by atoms with E-state index in [9.17, 15) is 9.59 Å². The summed E-state index contributed by atoms with van der Waals surface area (Å²) in [5, 5.41) is 13.5. The van der Waals surface area contributed by atoms with E-state index in [1.54, 1.807) is 25.6 Å². The molecule has 0 aliphatic rings. The van der Waals surface area contributed by atoms with E-state index in [1.165, 1.54) is 11.3 Å². The van der Waals surface area contributed by atoms with Crippen LogP contribution in [0.15, 0.2) is 4.34 Å². The Hall–Kier alpha value is -1.15. The van der Waals surface area contributed by atoms with Gasteiger partial charge in [-0.15, -0.1) is 10.2 Å². The molecule has 1 atom stereocenters. The average molecular weight is 302 g/mol. The lowest BCUT2D eigenvalue weighted by Gasteiger charge is -2.06. The highest BCUT2D eigenvalue weighted by molar-refractivity contribution is 8.01. The minimum absolute atomic E-state index is 0.0795. The van der Waals surface area contributed by atoms with Crippen molar-refractivity contribution in [3.05, 3.63) is 0 Å². The lowest BCUT2D eigenvalue weighted by molar-refractivity contribution is -0.136. The Balaban J connectivity index is 2.53. The monoisotopic (exact) mass is 302 g/mol. The molecule has 0 aliphatic heterocycles. The van der Waals surface area contributed by atoms with Crippen molar-refractivity contribution in [3.8, 4) is 0 Å². The van der Waals surface area contributed by atoms with Gasteiger partial charge >= 0.3 is 11.8 Å². The average Bonchev–Trinajstić information content (AvgIpc) is 2.75. The molecule has 0 saturated heterocycles. The zero-order valence-corrected chi connectivity index (χ0v) is 13.0. The van der Waals surface area contributed by atoms with Crippen LogP contribution in [-0.2, 0) is 9.59 Å². The molecular formula is C11H18N4O2S2. The van der Waals surface area contributed by atoms with Gasteiger partial charge in [0.05, 0.1) is 0 Å². The van der Waals surface area contributed by atoms with E-state index < -0.39 is 11.8 Å². The van der Waals surface area contributed by atoms with Crippen LogP contribution in [-0.4, -0.2) is 33.3 Å². The Morgan fingerprint density at radius 1 is 1.26 bits per heavy atom. The fourth-order valence-electron chi connectivity index (χ4n) is 1.04. The van der Waals surface area contributed by atoms with Crippen molar-refractivity contribution in [1.82, 2.24) is 15.5 Å². The number of anilines is 1. The highest BCUT2D eigenvalue weighted by Crippen LogP contribution is 2.29. The number of carbonyl (C=O) groups excluding carboxylic acids is 2. The molecule has 1 heterocycles. The minimum Gasteiger partial charge on any atom is -0.346 e. The summed E-state index contributed by atoms with van der Waals surface area (Å²) < 4.78 is 0.786. The summed E-state index contributed by atoms with van der Waals surface area (Å²) in [5.41, 5.74) is 0. The molecule has 0 bridgehead atoms. The molecule has 106 valence electrons. The van der Waals surface area contributed by atoms with Gasteiger partial charge in [-0.1, -0.05) is 36.9 Å². The van der Waals surface area contributed by atoms with Gasteiger partial charge < -0.3 is 5.32 Å². The molecule has 8 heteroatoms. The summed E-state index contributed by atoms with van der Waals surface area (Å²) in [6, 6.07) is -0.0795. The Bertz CT molecular complexity index is 448. The molecule has 0 aromatic carbocycles. The van der Waals surface area contributed by atoms with Crippen LogP contribution in [0.5, 0.6) is 0 Å². The predicted molar refractivity (Wildman–Crippen MR) is 77.4 cm³/mol. The second kappa shape index (κ2) is 7.44. The third-order valence-corrected chi connectivity index (χ3v) is 4.32. The van der Waals surface area contributed by atoms with Gasteiger partial charge in [0, 0.05) is 11.3 Å². The van der Waals surface area contributed by atoms with E-state index in [0.29, 0.717) is 10.4 Å². The number of hydrogen-bond acceptors (Lipinski definition) is 6. The molecule has 0 fully saturated rings. The summed E-state index contributed by atoms with van der Waals surface area (Å²) in [6.45, 7) is 7.77. The topological polar surface area (TPSA) is 84.0 Å². The zero-order valence-electron chi connectivity index (χ0n) is 11.4. The molecule has 1 unspecified atom stereocenters. The van der Waals surface area contributed by atoms with E-state index in [0.717, 1.165) is 10.8 Å². The number of carbonyl (C=O) groups is 2. The van der Waals surface area contributed by atoms with E-state index in [4.69, 9.17) is 0 Å². The highest BCUT2D eigenvalue weighted by atomic mass is 32.2. The second-order valence-electron chi connectivity index (χ2n) is 4.29. The van der Waals surface area contributed by atoms with Gasteiger partial charge in [0.1, 0.15) is 0 Å². The molecule has 1 aromatic heterocycles. The van der Waals surface area contributed by atoms with Crippen molar-refractivity contribution in [1.29, 1.82) is 0 Å². The normalized spacial score (nSPS) is 12.3. The Morgan fingerprint density at radius 3 is 2.53 bits per heavy atom. The van der Waals surface area contributed by atoms with E-state index in [1.807, 2.05) is 0 Å². The Kier molecular flexibility index (Phi) is 6.23. The first kappa shape index (κ1) is 15.9. The summed E-state index contributed by atoms with van der Waals surface area (Å²) in [6.07, 6.45) is 1.03. The molecule has 2 N–H and O–H groups in total. The number of hydrogen-bond donors (Lipinski definition) is 2. The van der Waals surface area contributed by atoms with Crippen LogP contribution >= 0.6 is 23.1 Å². The number of aromatic nitrogens is 2. The number of rotatable bonds is 5. The molecule has 19 heavy (non-hydrogen) atoms. The van der Waals surface area contributed by atoms with Gasteiger partial charge in [-0.2, -0.15) is 0 Å². The third-order valence-electron chi connectivity index (χ3n) is 2.13. The molecule has 1 aromatic rings. The largest absolute Gasteiger partial charge is 0.346 e. The molecule has 0 radical (unpaired) electrons. The minimum atomic E-state index is -0.718. The summed E-state index contributed by atoms with van der Waals surface area (Å²) in [4.78, 5) is 23.0. The quantitative estimate of drug-likeness (QED) is 0.493. The van der Waals surface area contributed by atoms with Crippen LogP contribution < -0.4 is 10.6 Å². The standard InChI is InChI=1S/C11H18N4O2S2/c1-5-7(4)18-11-15-14-10(19-11)13-9(17)8(16)12-6(2)3/h6-7H,5H2,1-4H3,(H,12,16)(H,13,14,17). The fourth-order valence-corrected chi connectivity index (χ4v) is 3.04. The van der Waals surface area contributed by atoms with Crippen molar-refractivity contribution in [2.75, 3.05) is 5.32 Å². The van der Waals surface area contributed by atoms with Crippen LogP contribution in [0.3, 0.4) is 0 Å². The maximum Gasteiger partial charge on any atom is 0.315 e. The van der Waals surface area contributed by atoms with Gasteiger partial charge in [0.2, 0.25) is 5.13 Å². The smallest absolute Gasteiger partial charge is 0.315 e. The number of nitrogens with one attached hydrogen (secondary N) is 2. The lowest BCUT2D eigenvalue weighted by Crippen LogP contribution is -2.39. The zero-order chi connectivity index (χ0) is 14.4. The van der Waals surface area contributed by atoms with Gasteiger partial charge in [-0.05, 0) is 20.3 Å². The first-order chi connectivity index (χ1) is 8.92. The van der Waals surface area contributed by atoms with Crippen molar-refractivity contribution in [3.63, 3.8) is 0 Å². The highest BCUT2D eigenvalue weighted by Gasteiger charge is 2.17. The van der Waals surface area contributed by atoms with Crippen molar-refractivity contribution in [2.24, 2.45) is 0 Å². The van der Waals surface area contributed by atoms with Crippen LogP contribution in [0.25, 0.3) is 0 Å². The molecule has 2 amide bonds. The summed E-state index contributed by atoms with van der Waals surface area (Å²) in [7, 11) is 0. The van der Waals surface area contributed by atoms with Crippen LogP contribution in [0.4, 0.5) is 5.13 Å². The lowest BCUT2D eigenvalue weighted by atomic mass is 10.4. The number of thioether (sulfide) groups is 1. The summed E-state index contributed by atoms with van der Waals surface area (Å²) >= 11 is 2.87. The number of amides is 2. The Morgan fingerprint density at radius 2 is 1.95 bits per heavy atom. The predicted octanol–water partition coefficient (Wildman–Crippen LogP) is 1.89. The first-order valence-electron chi connectivity index (χ1n) is 6.04. The van der Waals surface area contributed by atoms with Gasteiger partial charge in [-0.3, -0.25) is 14.9 Å². The van der Waals surface area contributed by atoms with Crippen LogP contribution in [0.2, 0.25) is 0 Å². The maximum absolute atomic E-state index is 11.5. The van der Waals surface area contributed by atoms with Crippen LogP contribution in [0, 0.1) is 0 Å². The number of nitrogens with zero attached hydrogens (tertiary/aromatic N) is 2. The van der Waals surface area contributed by atoms with Gasteiger partial charge in [0.15, 0.2) is 4.34 Å². The van der Waals surface area contributed by atoms with E-state index >= 15 is 0 Å². The molecule has 0 aliphatic carbocycles. The van der Waals surface area contributed by atoms with Crippen molar-refractivity contribution in [2.45, 2.75) is 49.7 Å². The first-order valence-corrected chi connectivity index (χ1v) is 7.74. The molecule has 6 nitrogen and oxygen atoms in total. The molecule has 1 rings (SSSR count). The fraction of sp³-hybridized carbons (Fsp3) is 0.636. The van der Waals surface area contributed by atoms with Gasteiger partial charge in [-0.25, -0.2) is 0 Å². The summed E-state index contributed by atoms with van der Waals surface area (Å²) in [5.74, 6) is -1.38. The molecule has 0 spiro atoms. The van der Waals surface area contributed by atoms with E-state index in [-0.39, 0.29) is 6.04 Å². The van der Waals surface area contributed by atoms with Crippen LogP contribution in [0.1, 0.15) is 34.1 Å². The van der Waals surface area contributed by atoms with E-state index in [2.05, 4.69) is 34.7 Å². The van der Waals surface area contributed by atoms with Gasteiger partial charge in [0.25, 0.3) is 0 Å². The Labute approximate surface area is 120 Å². The SMILES string of the molecule is CCC(C)Sc1nnc(NC(=O)C(=O)NC(C)C)s1.